The summed E-state index contributed by atoms with van der Waals surface area (Å²) in [5, 5.41) is 9.55. The van der Waals surface area contributed by atoms with E-state index in [1.165, 1.54) is 18.5 Å². The van der Waals surface area contributed by atoms with Gasteiger partial charge in [-0.05, 0) is 29.8 Å². The third kappa shape index (κ3) is 4.00. The summed E-state index contributed by atoms with van der Waals surface area (Å²) in [6.07, 6.45) is -1.83. The number of thioether (sulfide) groups is 1. The van der Waals surface area contributed by atoms with Gasteiger partial charge in [-0.3, -0.25) is 0 Å². The van der Waals surface area contributed by atoms with Crippen LogP contribution in [0.1, 0.15) is 16.7 Å². The van der Waals surface area contributed by atoms with Gasteiger partial charge in [0, 0.05) is 11.9 Å². The number of aromatic nitrogens is 2. The first-order valence-corrected chi connectivity index (χ1v) is 8.54. The SMILES string of the molecule is N#Cc1c(C(F)(F)F)cc(-c2ccco2)nc1SCc1ccc(Cl)nc1. The Bertz CT molecular complexity index is 951. The van der Waals surface area contributed by atoms with E-state index in [-0.39, 0.29) is 22.2 Å². The van der Waals surface area contributed by atoms with Gasteiger partial charge in [0.2, 0.25) is 0 Å². The second kappa shape index (κ2) is 7.40. The van der Waals surface area contributed by atoms with Gasteiger partial charge in [0.25, 0.3) is 0 Å². The van der Waals surface area contributed by atoms with Gasteiger partial charge in [-0.2, -0.15) is 18.4 Å². The van der Waals surface area contributed by atoms with Gasteiger partial charge in [-0.15, -0.1) is 11.8 Å². The second-order valence-corrected chi connectivity index (χ2v) is 6.45. The van der Waals surface area contributed by atoms with Gasteiger partial charge in [0.1, 0.15) is 21.9 Å². The lowest BCUT2D eigenvalue weighted by Crippen LogP contribution is -2.10. The minimum Gasteiger partial charge on any atom is -0.463 e. The molecule has 0 spiro atoms. The third-order valence-electron chi connectivity index (χ3n) is 3.34. The summed E-state index contributed by atoms with van der Waals surface area (Å²) in [6, 6.07) is 8.78. The summed E-state index contributed by atoms with van der Waals surface area (Å²) in [7, 11) is 0. The summed E-state index contributed by atoms with van der Waals surface area (Å²) < 4.78 is 45.3. The summed E-state index contributed by atoms with van der Waals surface area (Å²) in [6.45, 7) is 0. The minimum atomic E-state index is -4.69. The summed E-state index contributed by atoms with van der Waals surface area (Å²) in [4.78, 5) is 8.11. The largest absolute Gasteiger partial charge is 0.463 e. The molecule has 0 saturated heterocycles. The molecule has 0 aliphatic carbocycles. The maximum absolute atomic E-state index is 13.4. The molecule has 0 amide bonds. The highest BCUT2D eigenvalue weighted by atomic mass is 35.5. The van der Waals surface area contributed by atoms with Gasteiger partial charge >= 0.3 is 6.18 Å². The Morgan fingerprint density at radius 2 is 2.08 bits per heavy atom. The Morgan fingerprint density at radius 3 is 2.65 bits per heavy atom. The van der Waals surface area contributed by atoms with E-state index in [9.17, 15) is 18.4 Å². The predicted molar refractivity (Wildman–Crippen MR) is 90.5 cm³/mol. The van der Waals surface area contributed by atoms with Crippen LogP contribution in [-0.2, 0) is 11.9 Å². The maximum Gasteiger partial charge on any atom is 0.417 e. The van der Waals surface area contributed by atoms with Crippen LogP contribution in [0, 0.1) is 11.3 Å². The number of alkyl halides is 3. The molecule has 3 aromatic rings. The average molecular weight is 396 g/mol. The topological polar surface area (TPSA) is 62.7 Å². The molecule has 4 nitrogen and oxygen atoms in total. The summed E-state index contributed by atoms with van der Waals surface area (Å²) in [5.41, 5.74) is -0.807. The maximum atomic E-state index is 13.4. The molecule has 3 rings (SSSR count). The average Bonchev–Trinajstić information content (AvgIpc) is 3.14. The third-order valence-corrected chi connectivity index (χ3v) is 4.61. The molecule has 0 unspecified atom stereocenters. The lowest BCUT2D eigenvalue weighted by Gasteiger charge is -2.13. The lowest BCUT2D eigenvalue weighted by atomic mass is 10.1. The van der Waals surface area contributed by atoms with Gasteiger partial charge < -0.3 is 4.42 Å². The van der Waals surface area contributed by atoms with Crippen molar-refractivity contribution in [1.29, 1.82) is 5.26 Å². The highest BCUT2D eigenvalue weighted by Gasteiger charge is 2.36. The van der Waals surface area contributed by atoms with Crippen LogP contribution in [0.4, 0.5) is 13.2 Å². The Kier molecular flexibility index (Phi) is 5.20. The standard InChI is InChI=1S/C17H9ClF3N3OS/c18-15-4-3-10(8-23-15)9-26-16-11(7-22)12(17(19,20)21)6-13(24-16)14-2-1-5-25-14/h1-6,8H,9H2. The van der Waals surface area contributed by atoms with Crippen molar-refractivity contribution in [3.63, 3.8) is 0 Å². The fraction of sp³-hybridized carbons (Fsp3) is 0.118. The first-order chi connectivity index (χ1) is 12.4. The smallest absolute Gasteiger partial charge is 0.417 e. The molecule has 0 aliphatic heterocycles. The number of rotatable bonds is 4. The molecule has 0 bridgehead atoms. The number of pyridine rings is 2. The highest BCUT2D eigenvalue weighted by Crippen LogP contribution is 2.38. The molecule has 0 radical (unpaired) electrons. The van der Waals surface area contributed by atoms with Crippen LogP contribution in [0.5, 0.6) is 0 Å². The zero-order chi connectivity index (χ0) is 18.7. The van der Waals surface area contributed by atoms with Crippen LogP contribution in [0.2, 0.25) is 5.15 Å². The Balaban J connectivity index is 2.03. The summed E-state index contributed by atoms with van der Waals surface area (Å²) in [5.74, 6) is 0.472. The molecule has 132 valence electrons. The van der Waals surface area contributed by atoms with Crippen LogP contribution >= 0.6 is 23.4 Å². The normalized spacial score (nSPS) is 11.3. The van der Waals surface area contributed by atoms with Crippen LogP contribution in [0.3, 0.4) is 0 Å². The molecule has 9 heteroatoms. The first-order valence-electron chi connectivity index (χ1n) is 7.18. The van der Waals surface area contributed by atoms with E-state index in [1.807, 2.05) is 0 Å². The van der Waals surface area contributed by atoms with Gasteiger partial charge in [-0.25, -0.2) is 9.97 Å². The minimum absolute atomic E-state index is 0.0121. The zero-order valence-corrected chi connectivity index (χ0v) is 14.5. The van der Waals surface area contributed by atoms with Crippen LogP contribution in [0.25, 0.3) is 11.5 Å². The van der Waals surface area contributed by atoms with Gasteiger partial charge in [0.15, 0.2) is 5.76 Å². The number of hydrogen-bond donors (Lipinski definition) is 0. The van der Waals surface area contributed by atoms with Crippen molar-refractivity contribution in [3.8, 4) is 17.5 Å². The molecule has 26 heavy (non-hydrogen) atoms. The van der Waals surface area contributed by atoms with Gasteiger partial charge in [0.05, 0.1) is 17.4 Å². The molecule has 0 fully saturated rings. The van der Waals surface area contributed by atoms with E-state index in [2.05, 4.69) is 9.97 Å². The molecule has 0 saturated carbocycles. The molecule has 0 aromatic carbocycles. The quantitative estimate of drug-likeness (QED) is 0.426. The van der Waals surface area contributed by atoms with Crippen molar-refractivity contribution in [2.75, 3.05) is 0 Å². The number of nitrogens with zero attached hydrogens (tertiary/aromatic N) is 3. The van der Waals surface area contributed by atoms with Crippen molar-refractivity contribution in [1.82, 2.24) is 9.97 Å². The molecular weight excluding hydrogens is 387 g/mol. The van der Waals surface area contributed by atoms with Crippen molar-refractivity contribution in [2.45, 2.75) is 17.0 Å². The summed E-state index contributed by atoms with van der Waals surface area (Å²) >= 11 is 6.73. The van der Waals surface area contributed by atoms with E-state index < -0.39 is 17.3 Å². The van der Waals surface area contributed by atoms with Crippen molar-refractivity contribution in [3.05, 3.63) is 64.6 Å². The number of nitriles is 1. The van der Waals surface area contributed by atoms with E-state index in [0.717, 1.165) is 23.4 Å². The number of hydrogen-bond acceptors (Lipinski definition) is 5. The van der Waals surface area contributed by atoms with E-state index in [0.29, 0.717) is 5.15 Å². The van der Waals surface area contributed by atoms with Gasteiger partial charge in [-0.1, -0.05) is 17.7 Å². The van der Waals surface area contributed by atoms with Crippen molar-refractivity contribution in [2.24, 2.45) is 0 Å². The van der Waals surface area contributed by atoms with Crippen LogP contribution in [0.15, 0.2) is 52.2 Å². The number of furan rings is 1. The highest BCUT2D eigenvalue weighted by molar-refractivity contribution is 7.98. The van der Waals surface area contributed by atoms with Crippen LogP contribution in [-0.4, -0.2) is 9.97 Å². The monoisotopic (exact) mass is 395 g/mol. The predicted octanol–water partition coefficient (Wildman–Crippen LogP) is 5.57. The van der Waals surface area contributed by atoms with Crippen molar-refractivity contribution >= 4 is 23.4 Å². The molecule has 0 aliphatic rings. The Morgan fingerprint density at radius 1 is 1.27 bits per heavy atom. The van der Waals surface area contributed by atoms with Crippen LogP contribution < -0.4 is 0 Å². The van der Waals surface area contributed by atoms with E-state index in [1.54, 1.807) is 24.3 Å². The molecule has 0 atom stereocenters. The molecule has 0 N–H and O–H groups in total. The Hall–Kier alpha value is -2.50. The van der Waals surface area contributed by atoms with E-state index >= 15 is 0 Å². The lowest BCUT2D eigenvalue weighted by molar-refractivity contribution is -0.138. The molecular formula is C17H9ClF3N3OS. The zero-order valence-electron chi connectivity index (χ0n) is 12.9. The fourth-order valence-electron chi connectivity index (χ4n) is 2.15. The van der Waals surface area contributed by atoms with Crippen molar-refractivity contribution < 1.29 is 17.6 Å². The fourth-order valence-corrected chi connectivity index (χ4v) is 3.20. The van der Waals surface area contributed by atoms with E-state index in [4.69, 9.17) is 16.0 Å². The molecule has 3 heterocycles. The number of halogens is 4. The first kappa shape index (κ1) is 18.3. The Labute approximate surface area is 155 Å². The second-order valence-electron chi connectivity index (χ2n) is 5.10. The molecule has 3 aromatic heterocycles.